The number of nitrogens with two attached hydrogens (primary N) is 1. The van der Waals surface area contributed by atoms with Gasteiger partial charge in [0.25, 0.3) is 0 Å². The number of nitrogens with zero attached hydrogens (tertiary/aromatic N) is 2. The number of alkyl halides is 3. The molecule has 7 nitrogen and oxygen atoms in total. The SMILES string of the molecule is C[C@@H](Sc1n[nH]c(N)n1)C(=O)Nc1ccc(OC(F)(F)F)cc1. The summed E-state index contributed by atoms with van der Waals surface area (Å²) in [6.07, 6.45) is -4.76. The minimum Gasteiger partial charge on any atom is -0.406 e. The molecule has 1 aromatic heterocycles. The van der Waals surface area contributed by atoms with E-state index in [1.165, 1.54) is 12.1 Å². The number of rotatable bonds is 5. The highest BCUT2D eigenvalue weighted by Gasteiger charge is 2.31. The van der Waals surface area contributed by atoms with Crippen LogP contribution >= 0.6 is 11.8 Å². The molecule has 11 heteroatoms. The van der Waals surface area contributed by atoms with E-state index in [1.54, 1.807) is 6.92 Å². The van der Waals surface area contributed by atoms with Crippen LogP contribution in [0.15, 0.2) is 29.4 Å². The number of ether oxygens (including phenoxy) is 1. The zero-order chi connectivity index (χ0) is 17.0. The maximum Gasteiger partial charge on any atom is 0.573 e. The number of H-pyrrole nitrogens is 1. The van der Waals surface area contributed by atoms with E-state index in [2.05, 4.69) is 25.2 Å². The van der Waals surface area contributed by atoms with Gasteiger partial charge in [0.1, 0.15) is 5.75 Å². The van der Waals surface area contributed by atoms with Crippen molar-refractivity contribution >= 4 is 29.3 Å². The normalized spacial score (nSPS) is 12.7. The molecule has 0 spiro atoms. The quantitative estimate of drug-likeness (QED) is 0.717. The van der Waals surface area contributed by atoms with Crippen LogP contribution in [0.5, 0.6) is 5.75 Å². The van der Waals surface area contributed by atoms with Crippen LogP contribution in [0.25, 0.3) is 0 Å². The molecular weight excluding hydrogens is 335 g/mol. The van der Waals surface area contributed by atoms with E-state index in [9.17, 15) is 18.0 Å². The van der Waals surface area contributed by atoms with Gasteiger partial charge in [0, 0.05) is 5.69 Å². The van der Waals surface area contributed by atoms with E-state index < -0.39 is 11.6 Å². The second-order valence-electron chi connectivity index (χ2n) is 4.32. The molecule has 0 unspecified atom stereocenters. The first-order valence-corrected chi connectivity index (χ1v) is 7.12. The van der Waals surface area contributed by atoms with Crippen LogP contribution in [0.3, 0.4) is 0 Å². The van der Waals surface area contributed by atoms with Crippen molar-refractivity contribution in [3.63, 3.8) is 0 Å². The van der Waals surface area contributed by atoms with E-state index in [4.69, 9.17) is 5.73 Å². The van der Waals surface area contributed by atoms with Crippen LogP contribution in [-0.2, 0) is 4.79 Å². The number of carbonyl (C=O) groups excluding carboxylic acids is 1. The lowest BCUT2D eigenvalue weighted by atomic mass is 10.3. The first kappa shape index (κ1) is 16.9. The third-order valence-corrected chi connectivity index (χ3v) is 3.45. The predicted octanol–water partition coefficient (Wildman–Crippen LogP) is 2.40. The highest BCUT2D eigenvalue weighted by atomic mass is 32.2. The summed E-state index contributed by atoms with van der Waals surface area (Å²) in [7, 11) is 0. The first-order valence-electron chi connectivity index (χ1n) is 6.24. The van der Waals surface area contributed by atoms with Crippen molar-refractivity contribution in [2.45, 2.75) is 23.7 Å². The molecule has 0 aliphatic carbocycles. The van der Waals surface area contributed by atoms with E-state index in [0.29, 0.717) is 10.8 Å². The number of nitrogen functional groups attached to an aromatic ring is 1. The van der Waals surface area contributed by atoms with Crippen LogP contribution in [0.1, 0.15) is 6.92 Å². The number of aromatic nitrogens is 3. The van der Waals surface area contributed by atoms with E-state index in [-0.39, 0.29) is 17.6 Å². The molecule has 1 heterocycles. The van der Waals surface area contributed by atoms with Gasteiger partial charge in [-0.2, -0.15) is 4.98 Å². The van der Waals surface area contributed by atoms with Crippen molar-refractivity contribution in [2.24, 2.45) is 0 Å². The molecule has 0 bridgehead atoms. The van der Waals surface area contributed by atoms with Gasteiger partial charge in [-0.3, -0.25) is 4.79 Å². The van der Waals surface area contributed by atoms with Gasteiger partial charge in [-0.05, 0) is 31.2 Å². The molecule has 0 radical (unpaired) electrons. The molecule has 0 saturated heterocycles. The van der Waals surface area contributed by atoms with Crippen molar-refractivity contribution in [3.8, 4) is 5.75 Å². The Hall–Kier alpha value is -2.43. The van der Waals surface area contributed by atoms with Crippen LogP contribution in [0.4, 0.5) is 24.8 Å². The molecule has 1 amide bonds. The Labute approximate surface area is 132 Å². The van der Waals surface area contributed by atoms with Gasteiger partial charge in [-0.25, -0.2) is 5.10 Å². The Morgan fingerprint density at radius 3 is 2.57 bits per heavy atom. The zero-order valence-corrected chi connectivity index (χ0v) is 12.5. The second-order valence-corrected chi connectivity index (χ2v) is 5.63. The molecular formula is C12H12F3N5O2S. The fourth-order valence-corrected chi connectivity index (χ4v) is 2.24. The third-order valence-electron chi connectivity index (χ3n) is 2.49. The van der Waals surface area contributed by atoms with Crippen molar-refractivity contribution in [1.29, 1.82) is 0 Å². The molecule has 0 aliphatic heterocycles. The minimum absolute atomic E-state index is 0.139. The fourth-order valence-electron chi connectivity index (χ4n) is 1.51. The van der Waals surface area contributed by atoms with Gasteiger partial charge in [-0.15, -0.1) is 18.3 Å². The number of halogens is 3. The lowest BCUT2D eigenvalue weighted by Gasteiger charge is -2.12. The number of hydrogen-bond acceptors (Lipinski definition) is 6. The third kappa shape index (κ3) is 5.36. The lowest BCUT2D eigenvalue weighted by Crippen LogP contribution is -2.22. The number of thioether (sulfide) groups is 1. The lowest BCUT2D eigenvalue weighted by molar-refractivity contribution is -0.274. The molecule has 0 fully saturated rings. The molecule has 4 N–H and O–H groups in total. The number of nitrogens with one attached hydrogen (secondary N) is 2. The van der Waals surface area contributed by atoms with Crippen molar-refractivity contribution in [3.05, 3.63) is 24.3 Å². The minimum atomic E-state index is -4.76. The summed E-state index contributed by atoms with van der Waals surface area (Å²) in [6, 6.07) is 4.83. The standard InChI is InChI=1S/C12H12F3N5O2S/c1-6(23-11-18-10(16)19-20-11)9(21)17-7-2-4-8(5-3-7)22-12(13,14)15/h2-6H,1H3,(H,17,21)(H3,16,18,19,20)/t6-/m1/s1. The maximum atomic E-state index is 12.0. The average Bonchev–Trinajstić information content (AvgIpc) is 2.84. The first-order chi connectivity index (χ1) is 10.7. The van der Waals surface area contributed by atoms with Crippen molar-refractivity contribution in [2.75, 3.05) is 11.1 Å². The van der Waals surface area contributed by atoms with Crippen LogP contribution < -0.4 is 15.8 Å². The predicted molar refractivity (Wildman–Crippen MR) is 77.9 cm³/mol. The maximum absolute atomic E-state index is 12.0. The Balaban J connectivity index is 1.91. The molecule has 124 valence electrons. The Morgan fingerprint density at radius 1 is 1.39 bits per heavy atom. The highest BCUT2D eigenvalue weighted by molar-refractivity contribution is 8.00. The van der Waals surface area contributed by atoms with Crippen molar-refractivity contribution < 1.29 is 22.7 Å². The van der Waals surface area contributed by atoms with Gasteiger partial charge in [0.15, 0.2) is 0 Å². The topological polar surface area (TPSA) is 106 Å². The molecule has 1 aromatic carbocycles. The molecule has 2 aromatic rings. The summed E-state index contributed by atoms with van der Waals surface area (Å²) in [5.41, 5.74) is 5.72. The monoisotopic (exact) mass is 347 g/mol. The Morgan fingerprint density at radius 2 is 2.04 bits per heavy atom. The van der Waals surface area contributed by atoms with Crippen LogP contribution in [0.2, 0.25) is 0 Å². The van der Waals surface area contributed by atoms with Gasteiger partial charge in [-0.1, -0.05) is 11.8 Å². The molecule has 0 aliphatic rings. The molecule has 23 heavy (non-hydrogen) atoms. The number of anilines is 2. The molecule has 1 atom stereocenters. The highest BCUT2D eigenvalue weighted by Crippen LogP contribution is 2.25. The van der Waals surface area contributed by atoms with Crippen LogP contribution in [0, 0.1) is 0 Å². The van der Waals surface area contributed by atoms with E-state index >= 15 is 0 Å². The smallest absolute Gasteiger partial charge is 0.406 e. The second kappa shape index (κ2) is 6.77. The number of aromatic amines is 1. The molecule has 2 rings (SSSR count). The number of benzene rings is 1. The summed E-state index contributed by atoms with van der Waals surface area (Å²) in [5.74, 6) is -0.586. The Kier molecular flexibility index (Phi) is 4.98. The number of amides is 1. The van der Waals surface area contributed by atoms with E-state index in [1.807, 2.05) is 0 Å². The molecule has 0 saturated carbocycles. The van der Waals surface area contributed by atoms with Gasteiger partial charge < -0.3 is 15.8 Å². The van der Waals surface area contributed by atoms with Crippen molar-refractivity contribution in [1.82, 2.24) is 15.2 Å². The number of carbonyl (C=O) groups is 1. The van der Waals surface area contributed by atoms with Gasteiger partial charge in [0.2, 0.25) is 17.0 Å². The number of hydrogen-bond donors (Lipinski definition) is 3. The summed E-state index contributed by atoms with van der Waals surface area (Å²) in [6.45, 7) is 1.63. The summed E-state index contributed by atoms with van der Waals surface area (Å²) < 4.78 is 39.9. The Bertz CT molecular complexity index is 674. The summed E-state index contributed by atoms with van der Waals surface area (Å²) in [5, 5.41) is 8.59. The van der Waals surface area contributed by atoms with Crippen LogP contribution in [-0.4, -0.2) is 32.7 Å². The average molecular weight is 347 g/mol. The summed E-state index contributed by atoms with van der Waals surface area (Å²) in [4.78, 5) is 15.9. The fraction of sp³-hybridized carbons (Fsp3) is 0.250. The largest absolute Gasteiger partial charge is 0.573 e. The zero-order valence-electron chi connectivity index (χ0n) is 11.7. The van der Waals surface area contributed by atoms with Gasteiger partial charge >= 0.3 is 6.36 Å². The van der Waals surface area contributed by atoms with E-state index in [0.717, 1.165) is 23.9 Å². The summed E-state index contributed by atoms with van der Waals surface area (Å²) >= 11 is 1.08. The van der Waals surface area contributed by atoms with Gasteiger partial charge in [0.05, 0.1) is 5.25 Å².